The van der Waals surface area contributed by atoms with E-state index in [-0.39, 0.29) is 11.2 Å². The van der Waals surface area contributed by atoms with Crippen molar-refractivity contribution in [1.29, 1.82) is 0 Å². The molecule has 0 aliphatic carbocycles. The van der Waals surface area contributed by atoms with Crippen LogP contribution in [0, 0.1) is 0 Å². The first-order valence-corrected chi connectivity index (χ1v) is 8.39. The van der Waals surface area contributed by atoms with Gasteiger partial charge in [-0.1, -0.05) is 23.9 Å². The standard InChI is InChI=1S/C17H17N5OS/c1-13(24-16-4-2-3-7-19-16)17(23)21-11-14-5-6-15(20-10-14)22-9-8-18-12-22/h2-10,12-13H,11H2,1H3,(H,21,23)/t13-/m0/s1. The molecule has 7 heteroatoms. The van der Waals surface area contributed by atoms with Crippen molar-refractivity contribution in [3.05, 3.63) is 67.0 Å². The molecule has 0 unspecified atom stereocenters. The number of amides is 1. The second-order valence-electron chi connectivity index (χ2n) is 5.14. The molecule has 0 radical (unpaired) electrons. The van der Waals surface area contributed by atoms with Gasteiger partial charge in [0.2, 0.25) is 5.91 Å². The zero-order valence-electron chi connectivity index (χ0n) is 13.2. The first kappa shape index (κ1) is 16.2. The largest absolute Gasteiger partial charge is 0.351 e. The molecule has 0 aliphatic heterocycles. The van der Waals surface area contributed by atoms with Crippen LogP contribution in [0.1, 0.15) is 12.5 Å². The van der Waals surface area contributed by atoms with E-state index >= 15 is 0 Å². The molecule has 3 aromatic rings. The van der Waals surface area contributed by atoms with Gasteiger partial charge in [0, 0.05) is 31.3 Å². The van der Waals surface area contributed by atoms with Gasteiger partial charge in [0.1, 0.15) is 12.1 Å². The third-order valence-electron chi connectivity index (χ3n) is 3.35. The summed E-state index contributed by atoms with van der Waals surface area (Å²) in [5, 5.41) is 3.56. The molecule has 3 rings (SSSR count). The molecule has 1 amide bonds. The maximum atomic E-state index is 12.2. The normalized spacial score (nSPS) is 11.9. The Labute approximate surface area is 144 Å². The molecule has 3 heterocycles. The summed E-state index contributed by atoms with van der Waals surface area (Å²) in [6.45, 7) is 2.32. The van der Waals surface area contributed by atoms with E-state index in [1.165, 1.54) is 11.8 Å². The number of carbonyl (C=O) groups is 1. The Kier molecular flexibility index (Phi) is 5.22. The summed E-state index contributed by atoms with van der Waals surface area (Å²) >= 11 is 1.44. The molecule has 0 aliphatic rings. The van der Waals surface area contributed by atoms with Gasteiger partial charge in [-0.3, -0.25) is 9.36 Å². The van der Waals surface area contributed by atoms with Crippen molar-refractivity contribution in [2.75, 3.05) is 0 Å². The number of nitrogens with one attached hydrogen (secondary N) is 1. The van der Waals surface area contributed by atoms with Gasteiger partial charge in [-0.05, 0) is 30.7 Å². The molecule has 0 spiro atoms. The number of imidazole rings is 1. The highest BCUT2D eigenvalue weighted by atomic mass is 32.2. The molecule has 0 saturated carbocycles. The van der Waals surface area contributed by atoms with Gasteiger partial charge in [0.05, 0.1) is 10.3 Å². The Bertz CT molecular complexity index is 775. The first-order chi connectivity index (χ1) is 11.7. The maximum Gasteiger partial charge on any atom is 0.233 e. The summed E-state index contributed by atoms with van der Waals surface area (Å²) < 4.78 is 1.83. The van der Waals surface area contributed by atoms with Crippen LogP contribution in [0.15, 0.2) is 66.5 Å². The number of nitrogens with zero attached hydrogens (tertiary/aromatic N) is 4. The molecule has 0 fully saturated rings. The summed E-state index contributed by atoms with van der Waals surface area (Å²) in [7, 11) is 0. The lowest BCUT2D eigenvalue weighted by Crippen LogP contribution is -2.30. The lowest BCUT2D eigenvalue weighted by molar-refractivity contribution is -0.120. The third kappa shape index (κ3) is 4.20. The minimum Gasteiger partial charge on any atom is -0.351 e. The molecule has 122 valence electrons. The van der Waals surface area contributed by atoms with Gasteiger partial charge in [0.25, 0.3) is 0 Å². The summed E-state index contributed by atoms with van der Waals surface area (Å²) in [6.07, 6.45) is 8.71. The Morgan fingerprint density at radius 1 is 1.25 bits per heavy atom. The van der Waals surface area contributed by atoms with Crippen LogP contribution in [0.2, 0.25) is 0 Å². The van der Waals surface area contributed by atoms with E-state index < -0.39 is 0 Å². The lowest BCUT2D eigenvalue weighted by Gasteiger charge is -2.11. The van der Waals surface area contributed by atoms with Crippen LogP contribution < -0.4 is 5.32 Å². The van der Waals surface area contributed by atoms with Crippen molar-refractivity contribution in [2.45, 2.75) is 23.7 Å². The van der Waals surface area contributed by atoms with Crippen molar-refractivity contribution in [1.82, 2.24) is 24.8 Å². The Hall–Kier alpha value is -2.67. The highest BCUT2D eigenvalue weighted by molar-refractivity contribution is 8.00. The fraction of sp³-hybridized carbons (Fsp3) is 0.176. The third-order valence-corrected chi connectivity index (χ3v) is 4.40. The van der Waals surface area contributed by atoms with Crippen LogP contribution in [0.4, 0.5) is 0 Å². The average Bonchev–Trinajstić information content (AvgIpc) is 3.15. The van der Waals surface area contributed by atoms with E-state index in [9.17, 15) is 4.79 Å². The molecule has 0 aromatic carbocycles. The number of aromatic nitrogens is 4. The summed E-state index contributed by atoms with van der Waals surface area (Å²) in [4.78, 5) is 24.8. The Morgan fingerprint density at radius 2 is 2.17 bits per heavy atom. The molecule has 0 bridgehead atoms. The van der Waals surface area contributed by atoms with Gasteiger partial charge < -0.3 is 5.32 Å². The zero-order chi connectivity index (χ0) is 16.8. The van der Waals surface area contributed by atoms with Crippen LogP contribution in [-0.2, 0) is 11.3 Å². The second kappa shape index (κ2) is 7.74. The van der Waals surface area contributed by atoms with Crippen molar-refractivity contribution < 1.29 is 4.79 Å². The quantitative estimate of drug-likeness (QED) is 0.699. The van der Waals surface area contributed by atoms with Crippen molar-refractivity contribution >= 4 is 17.7 Å². The summed E-state index contributed by atoms with van der Waals surface area (Å²) in [5.41, 5.74) is 0.947. The summed E-state index contributed by atoms with van der Waals surface area (Å²) in [6, 6.07) is 9.50. The number of rotatable bonds is 6. The summed E-state index contributed by atoms with van der Waals surface area (Å²) in [5.74, 6) is 0.769. The van der Waals surface area contributed by atoms with E-state index in [1.54, 1.807) is 24.9 Å². The second-order valence-corrected chi connectivity index (χ2v) is 6.50. The highest BCUT2D eigenvalue weighted by Crippen LogP contribution is 2.20. The van der Waals surface area contributed by atoms with Gasteiger partial charge in [-0.25, -0.2) is 15.0 Å². The van der Waals surface area contributed by atoms with E-state index in [0.29, 0.717) is 6.54 Å². The van der Waals surface area contributed by atoms with Crippen LogP contribution in [0.25, 0.3) is 5.82 Å². The van der Waals surface area contributed by atoms with Gasteiger partial charge in [0.15, 0.2) is 0 Å². The highest BCUT2D eigenvalue weighted by Gasteiger charge is 2.14. The first-order valence-electron chi connectivity index (χ1n) is 7.51. The molecular weight excluding hydrogens is 322 g/mol. The van der Waals surface area contributed by atoms with Crippen LogP contribution in [0.5, 0.6) is 0 Å². The smallest absolute Gasteiger partial charge is 0.233 e. The van der Waals surface area contributed by atoms with Crippen molar-refractivity contribution in [3.8, 4) is 5.82 Å². The number of hydrogen-bond acceptors (Lipinski definition) is 5. The molecule has 1 atom stereocenters. The SMILES string of the molecule is C[C@H](Sc1ccccn1)C(=O)NCc1ccc(-n2ccnc2)nc1. The number of pyridine rings is 2. The van der Waals surface area contributed by atoms with E-state index in [0.717, 1.165) is 16.4 Å². The van der Waals surface area contributed by atoms with E-state index in [2.05, 4.69) is 20.3 Å². The topological polar surface area (TPSA) is 72.7 Å². The van der Waals surface area contributed by atoms with E-state index in [1.807, 2.05) is 48.0 Å². The van der Waals surface area contributed by atoms with Crippen LogP contribution >= 0.6 is 11.8 Å². The Morgan fingerprint density at radius 3 is 2.83 bits per heavy atom. The molecule has 6 nitrogen and oxygen atoms in total. The van der Waals surface area contributed by atoms with Crippen molar-refractivity contribution in [2.24, 2.45) is 0 Å². The van der Waals surface area contributed by atoms with Gasteiger partial charge in [-0.15, -0.1) is 0 Å². The fourth-order valence-corrected chi connectivity index (χ4v) is 2.88. The van der Waals surface area contributed by atoms with Crippen LogP contribution in [0.3, 0.4) is 0 Å². The molecule has 24 heavy (non-hydrogen) atoms. The minimum absolute atomic E-state index is 0.0238. The predicted octanol–water partition coefficient (Wildman–Crippen LogP) is 2.46. The predicted molar refractivity (Wildman–Crippen MR) is 92.8 cm³/mol. The monoisotopic (exact) mass is 339 g/mol. The lowest BCUT2D eigenvalue weighted by atomic mass is 10.2. The van der Waals surface area contributed by atoms with Crippen LogP contribution in [-0.4, -0.2) is 30.7 Å². The number of thioether (sulfide) groups is 1. The van der Waals surface area contributed by atoms with Gasteiger partial charge in [-0.2, -0.15) is 0 Å². The maximum absolute atomic E-state index is 12.2. The number of carbonyl (C=O) groups excluding carboxylic acids is 1. The number of hydrogen-bond donors (Lipinski definition) is 1. The average molecular weight is 339 g/mol. The molecular formula is C17H17N5OS. The molecule has 0 saturated heterocycles. The minimum atomic E-state index is -0.210. The molecule has 3 aromatic heterocycles. The van der Waals surface area contributed by atoms with Crippen molar-refractivity contribution in [3.63, 3.8) is 0 Å². The molecule has 1 N–H and O–H groups in total. The fourth-order valence-electron chi connectivity index (χ4n) is 2.05. The zero-order valence-corrected chi connectivity index (χ0v) is 14.0. The van der Waals surface area contributed by atoms with E-state index in [4.69, 9.17) is 0 Å². The van der Waals surface area contributed by atoms with Gasteiger partial charge >= 0.3 is 0 Å². The Balaban J connectivity index is 1.52.